The first kappa shape index (κ1) is 16.9. The third-order valence-electron chi connectivity index (χ3n) is 4.43. The zero-order chi connectivity index (χ0) is 16.9. The highest BCUT2D eigenvalue weighted by Gasteiger charge is 2.25. The Balaban J connectivity index is 1.85. The Kier molecular flexibility index (Phi) is 5.43. The standard InChI is InChI=1S/C19H25N3O2/c1-21(2)11-12-22(14-16-7-5-13-24-16)19(23)18-17-8-4-3-6-15(17)9-10-20-18/h3-4,6,8-10,16H,5,7,11-14H2,1-2H3. The average Bonchev–Trinajstić information content (AvgIpc) is 3.10. The minimum absolute atomic E-state index is 0.0100. The summed E-state index contributed by atoms with van der Waals surface area (Å²) >= 11 is 0. The number of aromatic nitrogens is 1. The Morgan fingerprint density at radius 3 is 2.83 bits per heavy atom. The molecule has 0 saturated carbocycles. The highest BCUT2D eigenvalue weighted by Crippen LogP contribution is 2.19. The van der Waals surface area contributed by atoms with Crippen LogP contribution in [-0.4, -0.2) is 67.1 Å². The summed E-state index contributed by atoms with van der Waals surface area (Å²) in [5.74, 6) is -0.0100. The zero-order valence-corrected chi connectivity index (χ0v) is 14.4. The van der Waals surface area contributed by atoms with E-state index < -0.39 is 0 Å². The van der Waals surface area contributed by atoms with Crippen LogP contribution in [0.3, 0.4) is 0 Å². The van der Waals surface area contributed by atoms with Gasteiger partial charge in [-0.1, -0.05) is 24.3 Å². The normalized spacial score (nSPS) is 17.5. The maximum absolute atomic E-state index is 13.1. The first-order valence-electron chi connectivity index (χ1n) is 8.54. The van der Waals surface area contributed by atoms with Crippen molar-refractivity contribution in [2.75, 3.05) is 40.3 Å². The van der Waals surface area contributed by atoms with Crippen molar-refractivity contribution in [1.29, 1.82) is 0 Å². The maximum Gasteiger partial charge on any atom is 0.273 e. The Bertz CT molecular complexity index is 691. The molecule has 128 valence electrons. The number of benzene rings is 1. The van der Waals surface area contributed by atoms with Gasteiger partial charge >= 0.3 is 0 Å². The predicted octanol–water partition coefficient (Wildman–Crippen LogP) is 2.42. The van der Waals surface area contributed by atoms with Crippen LogP contribution in [0.1, 0.15) is 23.3 Å². The summed E-state index contributed by atoms with van der Waals surface area (Å²) in [6.45, 7) is 2.93. The molecule has 1 atom stereocenters. The number of carbonyl (C=O) groups excluding carboxylic acids is 1. The number of rotatable bonds is 6. The second-order valence-corrected chi connectivity index (χ2v) is 6.57. The molecular formula is C19H25N3O2. The van der Waals surface area contributed by atoms with E-state index in [1.165, 1.54) is 0 Å². The summed E-state index contributed by atoms with van der Waals surface area (Å²) in [7, 11) is 4.04. The smallest absolute Gasteiger partial charge is 0.273 e. The molecule has 2 aromatic rings. The lowest BCUT2D eigenvalue weighted by molar-refractivity contribution is 0.0509. The van der Waals surface area contributed by atoms with Crippen LogP contribution < -0.4 is 0 Å². The average molecular weight is 327 g/mol. The van der Waals surface area contributed by atoms with Gasteiger partial charge in [-0.2, -0.15) is 0 Å². The van der Waals surface area contributed by atoms with E-state index in [1.54, 1.807) is 6.20 Å². The van der Waals surface area contributed by atoms with Crippen molar-refractivity contribution in [3.05, 3.63) is 42.2 Å². The molecule has 2 heterocycles. The minimum atomic E-state index is -0.0100. The fourth-order valence-electron chi connectivity index (χ4n) is 3.07. The Morgan fingerprint density at radius 2 is 2.08 bits per heavy atom. The topological polar surface area (TPSA) is 45.7 Å². The van der Waals surface area contributed by atoms with E-state index in [2.05, 4.69) is 9.88 Å². The monoisotopic (exact) mass is 327 g/mol. The molecule has 1 fully saturated rings. The van der Waals surface area contributed by atoms with Crippen LogP contribution in [0.5, 0.6) is 0 Å². The van der Waals surface area contributed by atoms with Crippen molar-refractivity contribution in [3.8, 4) is 0 Å². The van der Waals surface area contributed by atoms with Crippen LogP contribution in [-0.2, 0) is 4.74 Å². The van der Waals surface area contributed by atoms with Crippen molar-refractivity contribution in [1.82, 2.24) is 14.8 Å². The van der Waals surface area contributed by atoms with Crippen LogP contribution in [0.25, 0.3) is 10.8 Å². The fourth-order valence-corrected chi connectivity index (χ4v) is 3.07. The van der Waals surface area contributed by atoms with Gasteiger partial charge in [-0.3, -0.25) is 9.78 Å². The third kappa shape index (κ3) is 3.91. The molecule has 0 bridgehead atoms. The van der Waals surface area contributed by atoms with Crippen molar-refractivity contribution >= 4 is 16.7 Å². The van der Waals surface area contributed by atoms with E-state index in [4.69, 9.17) is 4.74 Å². The van der Waals surface area contributed by atoms with Crippen LogP contribution >= 0.6 is 0 Å². The zero-order valence-electron chi connectivity index (χ0n) is 14.4. The molecule has 1 amide bonds. The Hall–Kier alpha value is -1.98. The largest absolute Gasteiger partial charge is 0.376 e. The van der Waals surface area contributed by atoms with E-state index in [-0.39, 0.29) is 12.0 Å². The molecule has 5 nitrogen and oxygen atoms in total. The van der Waals surface area contributed by atoms with E-state index in [1.807, 2.05) is 49.3 Å². The molecule has 3 rings (SSSR count). The number of likely N-dealkylation sites (N-methyl/N-ethyl adjacent to an activating group) is 1. The number of amides is 1. The van der Waals surface area contributed by atoms with Crippen molar-refractivity contribution in [2.45, 2.75) is 18.9 Å². The minimum Gasteiger partial charge on any atom is -0.376 e. The molecule has 1 aliphatic rings. The second kappa shape index (κ2) is 7.73. The van der Waals surface area contributed by atoms with Gasteiger partial charge in [-0.15, -0.1) is 0 Å². The number of fused-ring (bicyclic) bond motifs is 1. The molecular weight excluding hydrogens is 302 g/mol. The molecule has 0 radical (unpaired) electrons. The lowest BCUT2D eigenvalue weighted by Gasteiger charge is -2.27. The number of pyridine rings is 1. The van der Waals surface area contributed by atoms with Gasteiger partial charge in [0.25, 0.3) is 5.91 Å². The molecule has 0 N–H and O–H groups in total. The van der Waals surface area contributed by atoms with Gasteiger partial charge in [-0.05, 0) is 38.4 Å². The van der Waals surface area contributed by atoms with Crippen LogP contribution in [0.4, 0.5) is 0 Å². The van der Waals surface area contributed by atoms with Gasteiger partial charge in [0.05, 0.1) is 6.10 Å². The summed E-state index contributed by atoms with van der Waals surface area (Å²) in [4.78, 5) is 21.5. The number of nitrogens with zero attached hydrogens (tertiary/aromatic N) is 3. The molecule has 0 aliphatic carbocycles. The SMILES string of the molecule is CN(C)CCN(CC1CCCO1)C(=O)c1nccc2ccccc12. The summed E-state index contributed by atoms with van der Waals surface area (Å²) < 4.78 is 5.74. The van der Waals surface area contributed by atoms with Crippen LogP contribution in [0.15, 0.2) is 36.5 Å². The molecule has 0 spiro atoms. The second-order valence-electron chi connectivity index (χ2n) is 6.57. The lowest BCUT2D eigenvalue weighted by atomic mass is 10.1. The fraction of sp³-hybridized carbons (Fsp3) is 0.474. The number of ether oxygens (including phenoxy) is 1. The summed E-state index contributed by atoms with van der Waals surface area (Å²) in [5, 5.41) is 1.95. The predicted molar refractivity (Wildman–Crippen MR) is 95.2 cm³/mol. The van der Waals surface area contributed by atoms with E-state index >= 15 is 0 Å². The van der Waals surface area contributed by atoms with Gasteiger partial charge in [0.15, 0.2) is 0 Å². The highest BCUT2D eigenvalue weighted by molar-refractivity contribution is 6.05. The summed E-state index contributed by atoms with van der Waals surface area (Å²) in [5.41, 5.74) is 0.532. The van der Waals surface area contributed by atoms with E-state index in [0.717, 1.165) is 36.8 Å². The quantitative estimate of drug-likeness (QED) is 0.817. The molecule has 1 saturated heterocycles. The van der Waals surface area contributed by atoms with Crippen molar-refractivity contribution in [2.24, 2.45) is 0 Å². The van der Waals surface area contributed by atoms with Gasteiger partial charge in [0.1, 0.15) is 5.69 Å². The van der Waals surface area contributed by atoms with Gasteiger partial charge in [0.2, 0.25) is 0 Å². The van der Waals surface area contributed by atoms with Crippen molar-refractivity contribution in [3.63, 3.8) is 0 Å². The highest BCUT2D eigenvalue weighted by atomic mass is 16.5. The molecule has 24 heavy (non-hydrogen) atoms. The molecule has 1 unspecified atom stereocenters. The molecule has 1 aromatic heterocycles. The van der Waals surface area contributed by atoms with Crippen LogP contribution in [0, 0.1) is 0 Å². The van der Waals surface area contributed by atoms with Crippen LogP contribution in [0.2, 0.25) is 0 Å². The van der Waals surface area contributed by atoms with Gasteiger partial charge in [-0.25, -0.2) is 0 Å². The first-order chi connectivity index (χ1) is 11.6. The number of hydrogen-bond acceptors (Lipinski definition) is 4. The van der Waals surface area contributed by atoms with Crippen molar-refractivity contribution < 1.29 is 9.53 Å². The first-order valence-corrected chi connectivity index (χ1v) is 8.54. The molecule has 5 heteroatoms. The molecule has 1 aliphatic heterocycles. The van der Waals surface area contributed by atoms with E-state index in [9.17, 15) is 4.79 Å². The maximum atomic E-state index is 13.1. The molecule has 1 aromatic carbocycles. The third-order valence-corrected chi connectivity index (χ3v) is 4.43. The lowest BCUT2D eigenvalue weighted by Crippen LogP contribution is -2.41. The Labute approximate surface area is 143 Å². The van der Waals surface area contributed by atoms with Gasteiger partial charge < -0.3 is 14.5 Å². The number of carbonyl (C=O) groups is 1. The summed E-state index contributed by atoms with van der Waals surface area (Å²) in [6.07, 6.45) is 3.96. The number of hydrogen-bond donors (Lipinski definition) is 0. The van der Waals surface area contributed by atoms with E-state index in [0.29, 0.717) is 18.8 Å². The summed E-state index contributed by atoms with van der Waals surface area (Å²) in [6, 6.07) is 9.85. The van der Waals surface area contributed by atoms with Gasteiger partial charge in [0, 0.05) is 37.8 Å². The Morgan fingerprint density at radius 1 is 1.25 bits per heavy atom.